The van der Waals surface area contributed by atoms with Crippen molar-refractivity contribution in [3.63, 3.8) is 0 Å². The van der Waals surface area contributed by atoms with E-state index in [4.69, 9.17) is 0 Å². The molecule has 1 heterocycles. The van der Waals surface area contributed by atoms with Crippen molar-refractivity contribution in [2.24, 2.45) is 0 Å². The lowest BCUT2D eigenvalue weighted by atomic mass is 10.2. The summed E-state index contributed by atoms with van der Waals surface area (Å²) in [5.41, 5.74) is 0.873. The molecule has 0 aliphatic carbocycles. The first-order chi connectivity index (χ1) is 10.8. The van der Waals surface area contributed by atoms with E-state index in [2.05, 4.69) is 10.3 Å². The third kappa shape index (κ3) is 3.94. The second-order valence-electron chi connectivity index (χ2n) is 5.33. The smallest absolute Gasteiger partial charge is 0.255 e. The van der Waals surface area contributed by atoms with Gasteiger partial charge in [-0.3, -0.25) is 9.78 Å². The Kier molecular flexibility index (Phi) is 5.12. The molecule has 6 nitrogen and oxygen atoms in total. The first-order valence-corrected chi connectivity index (χ1v) is 8.56. The molecule has 2 rings (SSSR count). The van der Waals surface area contributed by atoms with E-state index in [1.54, 1.807) is 50.5 Å². The zero-order valence-corrected chi connectivity index (χ0v) is 14.0. The van der Waals surface area contributed by atoms with E-state index in [-0.39, 0.29) is 22.4 Å². The number of carbonyl (C=O) groups excluding carboxylic acids is 1. The molecule has 0 fully saturated rings. The SMILES string of the molecule is CC(C)N(C)S(=O)(=O)c1cccc(C(=O)Nc2ccncc2)c1. The number of hydrogen-bond acceptors (Lipinski definition) is 4. The molecule has 0 atom stereocenters. The number of nitrogens with one attached hydrogen (secondary N) is 1. The number of nitrogens with zero attached hydrogens (tertiary/aromatic N) is 2. The molecule has 0 spiro atoms. The quantitative estimate of drug-likeness (QED) is 0.911. The molecule has 0 saturated heterocycles. The Morgan fingerprint density at radius 3 is 2.43 bits per heavy atom. The minimum atomic E-state index is -3.62. The number of benzene rings is 1. The van der Waals surface area contributed by atoms with Crippen LogP contribution >= 0.6 is 0 Å². The lowest BCUT2D eigenvalue weighted by Crippen LogP contribution is -2.33. The highest BCUT2D eigenvalue weighted by molar-refractivity contribution is 7.89. The molecule has 7 heteroatoms. The van der Waals surface area contributed by atoms with E-state index >= 15 is 0 Å². The summed E-state index contributed by atoms with van der Waals surface area (Å²) >= 11 is 0. The van der Waals surface area contributed by atoms with Gasteiger partial charge in [-0.15, -0.1) is 0 Å². The zero-order chi connectivity index (χ0) is 17.0. The molecule has 122 valence electrons. The number of hydrogen-bond donors (Lipinski definition) is 1. The van der Waals surface area contributed by atoms with Crippen LogP contribution in [-0.2, 0) is 10.0 Å². The van der Waals surface area contributed by atoms with Gasteiger partial charge in [0.05, 0.1) is 4.90 Å². The minimum absolute atomic E-state index is 0.0936. The summed E-state index contributed by atoms with van der Waals surface area (Å²) in [7, 11) is -2.11. The Balaban J connectivity index is 2.28. The first-order valence-electron chi connectivity index (χ1n) is 7.12. The summed E-state index contributed by atoms with van der Waals surface area (Å²) in [4.78, 5) is 16.2. The molecule has 0 bridgehead atoms. The van der Waals surface area contributed by atoms with Gasteiger partial charge >= 0.3 is 0 Å². The number of amides is 1. The molecule has 23 heavy (non-hydrogen) atoms. The van der Waals surface area contributed by atoms with E-state index in [0.717, 1.165) is 0 Å². The van der Waals surface area contributed by atoms with Crippen molar-refractivity contribution >= 4 is 21.6 Å². The van der Waals surface area contributed by atoms with Gasteiger partial charge in [-0.05, 0) is 44.2 Å². The summed E-state index contributed by atoms with van der Waals surface area (Å²) in [6.45, 7) is 3.58. The molecule has 2 aromatic rings. The molecule has 0 unspecified atom stereocenters. The second kappa shape index (κ2) is 6.89. The summed E-state index contributed by atoms with van der Waals surface area (Å²) in [5, 5.41) is 2.70. The van der Waals surface area contributed by atoms with Crippen molar-refractivity contribution in [2.75, 3.05) is 12.4 Å². The summed E-state index contributed by atoms with van der Waals surface area (Å²) in [6, 6.07) is 9.14. The average Bonchev–Trinajstić information content (AvgIpc) is 2.55. The highest BCUT2D eigenvalue weighted by Gasteiger charge is 2.23. The summed E-state index contributed by atoms with van der Waals surface area (Å²) in [6.07, 6.45) is 3.13. The number of sulfonamides is 1. The molecule has 0 aliphatic heterocycles. The van der Waals surface area contributed by atoms with Crippen LogP contribution in [0.25, 0.3) is 0 Å². The van der Waals surface area contributed by atoms with Crippen LogP contribution in [0.4, 0.5) is 5.69 Å². The van der Waals surface area contributed by atoms with Crippen molar-refractivity contribution in [3.05, 3.63) is 54.4 Å². The van der Waals surface area contributed by atoms with Gasteiger partial charge in [0.25, 0.3) is 5.91 Å². The van der Waals surface area contributed by atoms with Gasteiger partial charge in [-0.1, -0.05) is 6.07 Å². The van der Waals surface area contributed by atoms with Gasteiger partial charge < -0.3 is 5.32 Å². The van der Waals surface area contributed by atoms with Gasteiger partial charge in [0.1, 0.15) is 0 Å². The van der Waals surface area contributed by atoms with E-state index in [0.29, 0.717) is 5.69 Å². The fourth-order valence-electron chi connectivity index (χ4n) is 1.88. The molecular formula is C16H19N3O3S. The van der Waals surface area contributed by atoms with Crippen LogP contribution in [0, 0.1) is 0 Å². The van der Waals surface area contributed by atoms with Crippen LogP contribution in [-0.4, -0.2) is 36.7 Å². The van der Waals surface area contributed by atoms with Gasteiger partial charge in [0.2, 0.25) is 10.0 Å². The van der Waals surface area contributed by atoms with E-state index < -0.39 is 10.0 Å². The lowest BCUT2D eigenvalue weighted by molar-refractivity contribution is 0.102. The molecule has 0 saturated carbocycles. The fraction of sp³-hybridized carbons (Fsp3) is 0.250. The van der Waals surface area contributed by atoms with E-state index in [9.17, 15) is 13.2 Å². The predicted molar refractivity (Wildman–Crippen MR) is 88.7 cm³/mol. The zero-order valence-electron chi connectivity index (χ0n) is 13.2. The monoisotopic (exact) mass is 333 g/mol. The van der Waals surface area contributed by atoms with Crippen molar-refractivity contribution in [1.82, 2.24) is 9.29 Å². The third-order valence-electron chi connectivity index (χ3n) is 3.44. The highest BCUT2D eigenvalue weighted by atomic mass is 32.2. The molecule has 0 radical (unpaired) electrons. The van der Waals surface area contributed by atoms with Gasteiger partial charge in [0.15, 0.2) is 0 Å². The van der Waals surface area contributed by atoms with Gasteiger partial charge in [-0.2, -0.15) is 4.31 Å². The van der Waals surface area contributed by atoms with Crippen LogP contribution in [0.15, 0.2) is 53.7 Å². The summed E-state index contributed by atoms with van der Waals surface area (Å²) in [5.74, 6) is -0.375. The number of anilines is 1. The molecule has 1 aromatic carbocycles. The molecule has 0 aliphatic rings. The fourth-order valence-corrected chi connectivity index (χ4v) is 3.29. The average molecular weight is 333 g/mol. The van der Waals surface area contributed by atoms with Gasteiger partial charge in [0, 0.05) is 36.7 Å². The Labute approximate surface area is 136 Å². The van der Waals surface area contributed by atoms with Gasteiger partial charge in [-0.25, -0.2) is 8.42 Å². The maximum absolute atomic E-state index is 12.5. The van der Waals surface area contributed by atoms with Crippen LogP contribution in [0.5, 0.6) is 0 Å². The maximum Gasteiger partial charge on any atom is 0.255 e. The lowest BCUT2D eigenvalue weighted by Gasteiger charge is -2.21. The standard InChI is InChI=1S/C16H19N3O3S/c1-12(2)19(3)23(21,22)15-6-4-5-13(11-15)16(20)18-14-7-9-17-10-8-14/h4-12H,1-3H3,(H,17,18,20). The molecule has 1 amide bonds. The molecule has 1 N–H and O–H groups in total. The predicted octanol–water partition coefficient (Wildman–Crippen LogP) is 2.36. The van der Waals surface area contributed by atoms with Crippen molar-refractivity contribution in [3.8, 4) is 0 Å². The molecule has 1 aromatic heterocycles. The van der Waals surface area contributed by atoms with Crippen LogP contribution in [0.1, 0.15) is 24.2 Å². The second-order valence-corrected chi connectivity index (χ2v) is 7.33. The maximum atomic E-state index is 12.5. The Hall–Kier alpha value is -2.25. The van der Waals surface area contributed by atoms with Crippen molar-refractivity contribution < 1.29 is 13.2 Å². The molecular weight excluding hydrogens is 314 g/mol. The van der Waals surface area contributed by atoms with Crippen LogP contribution < -0.4 is 5.32 Å². The van der Waals surface area contributed by atoms with Crippen molar-refractivity contribution in [1.29, 1.82) is 0 Å². The van der Waals surface area contributed by atoms with Crippen LogP contribution in [0.3, 0.4) is 0 Å². The number of rotatable bonds is 5. The summed E-state index contributed by atoms with van der Waals surface area (Å²) < 4.78 is 26.3. The van der Waals surface area contributed by atoms with E-state index in [1.807, 2.05) is 0 Å². The number of carbonyl (C=O) groups is 1. The third-order valence-corrected chi connectivity index (χ3v) is 5.47. The number of aromatic nitrogens is 1. The van der Waals surface area contributed by atoms with Crippen molar-refractivity contribution in [2.45, 2.75) is 24.8 Å². The van der Waals surface area contributed by atoms with Crippen LogP contribution in [0.2, 0.25) is 0 Å². The largest absolute Gasteiger partial charge is 0.322 e. The number of pyridine rings is 1. The first kappa shape index (κ1) is 17.1. The topological polar surface area (TPSA) is 79.4 Å². The minimum Gasteiger partial charge on any atom is -0.322 e. The van der Waals surface area contributed by atoms with E-state index in [1.165, 1.54) is 23.5 Å². The Morgan fingerprint density at radius 2 is 1.83 bits per heavy atom. The Morgan fingerprint density at radius 1 is 1.17 bits per heavy atom. The Bertz CT molecular complexity index is 789. The normalized spacial score (nSPS) is 11.7. The highest BCUT2D eigenvalue weighted by Crippen LogP contribution is 2.18.